The molecular weight excluding hydrogens is 329 g/mol. The minimum atomic E-state index is -0.837. The van der Waals surface area contributed by atoms with Gasteiger partial charge in [-0.25, -0.2) is 4.39 Å². The maximum absolute atomic E-state index is 13.5. The summed E-state index contributed by atoms with van der Waals surface area (Å²) in [5.41, 5.74) is 1.68. The van der Waals surface area contributed by atoms with E-state index in [4.69, 9.17) is 16.3 Å². The van der Waals surface area contributed by atoms with Crippen LogP contribution in [-0.4, -0.2) is 11.8 Å². The number of carbonyl (C=O) groups excluding carboxylic acids is 1. The molecule has 1 unspecified atom stereocenters. The van der Waals surface area contributed by atoms with Crippen molar-refractivity contribution in [1.29, 1.82) is 0 Å². The van der Waals surface area contributed by atoms with E-state index < -0.39 is 11.9 Å². The smallest absolute Gasteiger partial charge is 0.213 e. The summed E-state index contributed by atoms with van der Waals surface area (Å²) in [6.07, 6.45) is 1.26. The van der Waals surface area contributed by atoms with Crippen LogP contribution >= 0.6 is 11.6 Å². The highest BCUT2D eigenvalue weighted by molar-refractivity contribution is 6.31. The molecule has 1 N–H and O–H groups in total. The molecule has 1 atom stereocenters. The first-order chi connectivity index (χ1) is 11.6. The SMILES string of the molecule is O=C1C(c2cccc(Cl)c2)=C(NC2CC2)OC1c1cccc(F)c1. The molecule has 0 spiro atoms. The molecule has 122 valence electrons. The molecule has 2 aliphatic rings. The highest BCUT2D eigenvalue weighted by Gasteiger charge is 2.39. The minimum Gasteiger partial charge on any atom is -0.462 e. The van der Waals surface area contributed by atoms with E-state index >= 15 is 0 Å². The Balaban J connectivity index is 1.73. The fourth-order valence-corrected chi connectivity index (χ4v) is 2.99. The second kappa shape index (κ2) is 5.95. The van der Waals surface area contributed by atoms with E-state index in [1.807, 2.05) is 6.07 Å². The Bertz CT molecular complexity index is 845. The third kappa shape index (κ3) is 2.89. The van der Waals surface area contributed by atoms with E-state index in [0.717, 1.165) is 12.8 Å². The standard InChI is InChI=1S/C19H15ClFNO2/c20-13-5-1-3-11(9-13)16-17(23)18(12-4-2-6-14(21)10-12)24-19(16)22-15-7-8-15/h1-6,9-10,15,18,22H,7-8H2. The number of rotatable bonds is 4. The molecule has 1 saturated carbocycles. The van der Waals surface area contributed by atoms with Crippen molar-refractivity contribution in [3.8, 4) is 0 Å². The van der Waals surface area contributed by atoms with Crippen LogP contribution in [0.4, 0.5) is 4.39 Å². The van der Waals surface area contributed by atoms with E-state index in [2.05, 4.69) is 5.32 Å². The summed E-state index contributed by atoms with van der Waals surface area (Å²) < 4.78 is 19.4. The normalized spacial score (nSPS) is 20.2. The monoisotopic (exact) mass is 343 g/mol. The first-order valence-corrected chi connectivity index (χ1v) is 8.23. The molecule has 5 heteroatoms. The van der Waals surface area contributed by atoms with Crippen LogP contribution in [0.25, 0.3) is 5.57 Å². The Hall–Kier alpha value is -2.33. The van der Waals surface area contributed by atoms with Crippen molar-refractivity contribution >= 4 is 23.0 Å². The first-order valence-electron chi connectivity index (χ1n) is 7.85. The zero-order chi connectivity index (χ0) is 16.7. The molecule has 3 nitrogen and oxygen atoms in total. The van der Waals surface area contributed by atoms with Gasteiger partial charge in [-0.2, -0.15) is 0 Å². The number of nitrogens with one attached hydrogen (secondary N) is 1. The lowest BCUT2D eigenvalue weighted by atomic mass is 9.97. The molecule has 2 aromatic rings. The lowest BCUT2D eigenvalue weighted by molar-refractivity contribution is -0.120. The third-order valence-corrected chi connectivity index (χ3v) is 4.36. The zero-order valence-corrected chi connectivity index (χ0v) is 13.5. The summed E-state index contributed by atoms with van der Waals surface area (Å²) >= 11 is 6.07. The van der Waals surface area contributed by atoms with Crippen LogP contribution in [0.15, 0.2) is 54.4 Å². The van der Waals surface area contributed by atoms with Crippen LogP contribution in [0.1, 0.15) is 30.1 Å². The Labute approximate surface area is 144 Å². The molecule has 1 aliphatic heterocycles. The number of carbonyl (C=O) groups is 1. The minimum absolute atomic E-state index is 0.189. The van der Waals surface area contributed by atoms with Crippen LogP contribution < -0.4 is 5.32 Å². The highest BCUT2D eigenvalue weighted by Crippen LogP contribution is 2.39. The molecule has 1 aliphatic carbocycles. The van der Waals surface area contributed by atoms with Gasteiger partial charge in [0.1, 0.15) is 5.82 Å². The topological polar surface area (TPSA) is 38.3 Å². The maximum atomic E-state index is 13.5. The quantitative estimate of drug-likeness (QED) is 0.902. The summed E-state index contributed by atoms with van der Waals surface area (Å²) in [4.78, 5) is 13.0. The van der Waals surface area contributed by atoms with Gasteiger partial charge in [0.25, 0.3) is 0 Å². The van der Waals surface area contributed by atoms with Crippen LogP contribution in [-0.2, 0) is 9.53 Å². The van der Waals surface area contributed by atoms with Gasteiger partial charge in [0.15, 0.2) is 12.0 Å². The average Bonchev–Trinajstić information content (AvgIpc) is 3.30. The number of halogens is 2. The molecule has 0 radical (unpaired) electrons. The fraction of sp³-hybridized carbons (Fsp3) is 0.211. The molecule has 0 saturated heterocycles. The highest BCUT2D eigenvalue weighted by atomic mass is 35.5. The van der Waals surface area contributed by atoms with E-state index in [1.54, 1.807) is 30.3 Å². The summed E-state index contributed by atoms with van der Waals surface area (Å²) in [5, 5.41) is 3.81. The van der Waals surface area contributed by atoms with Crippen LogP contribution in [0.5, 0.6) is 0 Å². The second-order valence-electron chi connectivity index (χ2n) is 6.05. The van der Waals surface area contributed by atoms with Gasteiger partial charge in [-0.15, -0.1) is 0 Å². The fourth-order valence-electron chi connectivity index (χ4n) is 2.80. The maximum Gasteiger partial charge on any atom is 0.213 e. The Morgan fingerprint density at radius 3 is 2.62 bits per heavy atom. The van der Waals surface area contributed by atoms with Gasteiger partial charge < -0.3 is 10.1 Å². The van der Waals surface area contributed by atoms with Gasteiger partial charge in [0.05, 0.1) is 5.57 Å². The molecule has 4 rings (SSSR count). The molecule has 1 heterocycles. The van der Waals surface area contributed by atoms with Gasteiger partial charge >= 0.3 is 0 Å². The molecular formula is C19H15ClFNO2. The van der Waals surface area contributed by atoms with Gasteiger partial charge in [-0.3, -0.25) is 4.79 Å². The number of hydrogen-bond donors (Lipinski definition) is 1. The van der Waals surface area contributed by atoms with Crippen LogP contribution in [0, 0.1) is 5.82 Å². The molecule has 24 heavy (non-hydrogen) atoms. The summed E-state index contributed by atoms with van der Waals surface area (Å²) in [6, 6.07) is 13.4. The second-order valence-corrected chi connectivity index (χ2v) is 6.49. The van der Waals surface area contributed by atoms with E-state index in [-0.39, 0.29) is 5.78 Å². The summed E-state index contributed by atoms with van der Waals surface area (Å²) in [5.74, 6) is -0.123. The van der Waals surface area contributed by atoms with Crippen molar-refractivity contribution in [2.24, 2.45) is 0 Å². The van der Waals surface area contributed by atoms with Gasteiger partial charge in [0, 0.05) is 16.6 Å². The molecule has 0 aromatic heterocycles. The molecule has 0 bridgehead atoms. The molecule has 2 aromatic carbocycles. The Morgan fingerprint density at radius 1 is 1.12 bits per heavy atom. The van der Waals surface area contributed by atoms with Crippen molar-refractivity contribution in [3.05, 3.63) is 76.4 Å². The third-order valence-electron chi connectivity index (χ3n) is 4.12. The number of ketones is 1. The summed E-state index contributed by atoms with van der Waals surface area (Å²) in [7, 11) is 0. The van der Waals surface area contributed by atoms with E-state index in [9.17, 15) is 9.18 Å². The largest absolute Gasteiger partial charge is 0.462 e. The Morgan fingerprint density at radius 2 is 1.92 bits per heavy atom. The van der Waals surface area contributed by atoms with Gasteiger partial charge in [-0.1, -0.05) is 35.9 Å². The average molecular weight is 344 g/mol. The first kappa shape index (κ1) is 15.2. The number of hydrogen-bond acceptors (Lipinski definition) is 3. The molecule has 0 amide bonds. The predicted molar refractivity (Wildman–Crippen MR) is 89.8 cm³/mol. The van der Waals surface area contributed by atoms with E-state index in [1.165, 1.54) is 12.1 Å². The van der Waals surface area contributed by atoms with Crippen molar-refractivity contribution < 1.29 is 13.9 Å². The predicted octanol–water partition coefficient (Wildman–Crippen LogP) is 4.24. The van der Waals surface area contributed by atoms with Crippen LogP contribution in [0.2, 0.25) is 5.02 Å². The van der Waals surface area contributed by atoms with Crippen molar-refractivity contribution in [2.45, 2.75) is 25.0 Å². The number of benzene rings is 2. The summed E-state index contributed by atoms with van der Waals surface area (Å²) in [6.45, 7) is 0. The Kier molecular flexibility index (Phi) is 3.77. The van der Waals surface area contributed by atoms with Gasteiger partial charge in [0.2, 0.25) is 5.78 Å². The molecule has 1 fully saturated rings. The zero-order valence-electron chi connectivity index (χ0n) is 12.8. The number of ether oxygens (including phenoxy) is 1. The lowest BCUT2D eigenvalue weighted by Gasteiger charge is -2.12. The van der Waals surface area contributed by atoms with E-state index in [0.29, 0.717) is 33.6 Å². The van der Waals surface area contributed by atoms with Crippen molar-refractivity contribution in [2.75, 3.05) is 0 Å². The van der Waals surface area contributed by atoms with Crippen LogP contribution in [0.3, 0.4) is 0 Å². The lowest BCUT2D eigenvalue weighted by Crippen LogP contribution is -2.17. The number of Topliss-reactive ketones (excluding diaryl/α,β-unsaturated/α-hetero) is 1. The van der Waals surface area contributed by atoms with Crippen molar-refractivity contribution in [3.63, 3.8) is 0 Å². The van der Waals surface area contributed by atoms with Crippen molar-refractivity contribution in [1.82, 2.24) is 5.32 Å². The van der Waals surface area contributed by atoms with Gasteiger partial charge in [-0.05, 0) is 42.7 Å².